The first-order valence-electron chi connectivity index (χ1n) is 3.99. The Morgan fingerprint density at radius 1 is 1.43 bits per heavy atom. The molecule has 0 amide bonds. The van der Waals surface area contributed by atoms with Gasteiger partial charge in [-0.05, 0) is 12.1 Å². The number of alkyl halides is 2. The molecular formula is C9H10F3NO. The van der Waals surface area contributed by atoms with Crippen molar-refractivity contribution in [1.82, 2.24) is 0 Å². The zero-order valence-electron chi connectivity index (χ0n) is 7.56. The second-order valence-corrected chi connectivity index (χ2v) is 2.62. The number of benzene rings is 1. The van der Waals surface area contributed by atoms with Crippen LogP contribution in [0.2, 0.25) is 0 Å². The zero-order chi connectivity index (χ0) is 10.6. The lowest BCUT2D eigenvalue weighted by molar-refractivity contribution is 0.163. The molecule has 14 heavy (non-hydrogen) atoms. The maximum Gasteiger partial charge on any atom is 0.255 e. The standard InChI is InChI=1S/C9H10F3NO/c1-14-8-4-6(2-3-7(8)10)13-5-9(11)12/h2-4,9,13H,5H2,1H3. The topological polar surface area (TPSA) is 21.3 Å². The number of rotatable bonds is 4. The molecule has 1 rings (SSSR count). The Morgan fingerprint density at radius 3 is 2.71 bits per heavy atom. The molecule has 0 saturated carbocycles. The number of hydrogen-bond donors (Lipinski definition) is 1. The summed E-state index contributed by atoms with van der Waals surface area (Å²) >= 11 is 0. The second kappa shape index (κ2) is 4.74. The van der Waals surface area contributed by atoms with E-state index in [0.717, 1.165) is 6.07 Å². The first kappa shape index (κ1) is 10.7. The first-order chi connectivity index (χ1) is 6.63. The van der Waals surface area contributed by atoms with E-state index in [1.807, 2.05) is 0 Å². The minimum absolute atomic E-state index is 0.0317. The fourth-order valence-corrected chi connectivity index (χ4v) is 0.965. The molecule has 0 fully saturated rings. The van der Waals surface area contributed by atoms with Crippen LogP contribution < -0.4 is 10.1 Å². The molecule has 5 heteroatoms. The monoisotopic (exact) mass is 205 g/mol. The SMILES string of the molecule is COc1cc(NCC(F)F)ccc1F. The van der Waals surface area contributed by atoms with E-state index in [1.165, 1.54) is 19.2 Å². The van der Waals surface area contributed by atoms with Crippen molar-refractivity contribution in [3.8, 4) is 5.75 Å². The summed E-state index contributed by atoms with van der Waals surface area (Å²) in [5.41, 5.74) is 0.406. The van der Waals surface area contributed by atoms with Gasteiger partial charge in [0.1, 0.15) is 0 Å². The van der Waals surface area contributed by atoms with Crippen LogP contribution in [0.25, 0.3) is 0 Å². The number of nitrogens with one attached hydrogen (secondary N) is 1. The maximum absolute atomic E-state index is 12.9. The molecule has 2 nitrogen and oxygen atoms in total. The molecule has 0 radical (unpaired) electrons. The Bertz CT molecular complexity index is 304. The lowest BCUT2D eigenvalue weighted by Crippen LogP contribution is -2.10. The fraction of sp³-hybridized carbons (Fsp3) is 0.333. The van der Waals surface area contributed by atoms with Crippen LogP contribution in [0, 0.1) is 5.82 Å². The Hall–Kier alpha value is -1.39. The van der Waals surface area contributed by atoms with Gasteiger partial charge in [-0.2, -0.15) is 0 Å². The second-order valence-electron chi connectivity index (χ2n) is 2.62. The number of hydrogen-bond acceptors (Lipinski definition) is 2. The molecule has 0 spiro atoms. The van der Waals surface area contributed by atoms with Gasteiger partial charge >= 0.3 is 0 Å². The van der Waals surface area contributed by atoms with E-state index in [1.54, 1.807) is 0 Å². The van der Waals surface area contributed by atoms with Crippen LogP contribution in [0.5, 0.6) is 5.75 Å². The number of methoxy groups -OCH3 is 1. The van der Waals surface area contributed by atoms with Gasteiger partial charge in [0.2, 0.25) is 0 Å². The van der Waals surface area contributed by atoms with Gasteiger partial charge in [0.05, 0.1) is 13.7 Å². The lowest BCUT2D eigenvalue weighted by atomic mass is 10.3. The van der Waals surface area contributed by atoms with E-state index in [9.17, 15) is 13.2 Å². The Kier molecular flexibility index (Phi) is 3.62. The molecule has 1 N–H and O–H groups in total. The summed E-state index contributed by atoms with van der Waals surface area (Å²) in [6.07, 6.45) is -2.44. The van der Waals surface area contributed by atoms with Crippen LogP contribution in [-0.4, -0.2) is 20.1 Å². The van der Waals surface area contributed by atoms with Crippen molar-refractivity contribution in [3.63, 3.8) is 0 Å². The van der Waals surface area contributed by atoms with E-state index >= 15 is 0 Å². The largest absolute Gasteiger partial charge is 0.494 e. The summed E-state index contributed by atoms with van der Waals surface area (Å²) < 4.78 is 41.2. The highest BCUT2D eigenvalue weighted by Gasteiger charge is 2.05. The van der Waals surface area contributed by atoms with Gasteiger partial charge in [0, 0.05) is 11.8 Å². The van der Waals surface area contributed by atoms with Gasteiger partial charge < -0.3 is 10.1 Å². The molecule has 0 aromatic heterocycles. The molecule has 0 aliphatic carbocycles. The fourth-order valence-electron chi connectivity index (χ4n) is 0.965. The van der Waals surface area contributed by atoms with E-state index in [2.05, 4.69) is 10.1 Å². The van der Waals surface area contributed by atoms with Crippen molar-refractivity contribution in [3.05, 3.63) is 24.0 Å². The molecule has 0 aliphatic rings. The Morgan fingerprint density at radius 2 is 2.14 bits per heavy atom. The maximum atomic E-state index is 12.9. The molecule has 0 saturated heterocycles. The summed E-state index contributed by atoms with van der Waals surface area (Å²) in [5, 5.41) is 2.45. The first-order valence-corrected chi connectivity index (χ1v) is 3.99. The Labute approximate surface area is 79.7 Å². The van der Waals surface area contributed by atoms with Crippen LogP contribution in [0.3, 0.4) is 0 Å². The lowest BCUT2D eigenvalue weighted by Gasteiger charge is -2.07. The third-order valence-electron chi connectivity index (χ3n) is 1.61. The van der Waals surface area contributed by atoms with Gasteiger partial charge in [0.25, 0.3) is 6.43 Å². The van der Waals surface area contributed by atoms with Gasteiger partial charge in [-0.15, -0.1) is 0 Å². The quantitative estimate of drug-likeness (QED) is 0.815. The molecular weight excluding hydrogens is 195 g/mol. The summed E-state index contributed by atoms with van der Waals surface area (Å²) in [6, 6.07) is 3.87. The van der Waals surface area contributed by atoms with Crippen molar-refractivity contribution in [1.29, 1.82) is 0 Å². The van der Waals surface area contributed by atoms with Crippen molar-refractivity contribution >= 4 is 5.69 Å². The molecule has 1 aromatic rings. The number of halogens is 3. The predicted octanol–water partition coefficient (Wildman–Crippen LogP) is 2.51. The Balaban J connectivity index is 2.69. The molecule has 0 bridgehead atoms. The predicted molar refractivity (Wildman–Crippen MR) is 47.4 cm³/mol. The summed E-state index contributed by atoms with van der Waals surface area (Å²) in [7, 11) is 1.31. The highest BCUT2D eigenvalue weighted by molar-refractivity contribution is 5.48. The molecule has 0 aliphatic heterocycles. The van der Waals surface area contributed by atoms with Gasteiger partial charge in [-0.1, -0.05) is 0 Å². The summed E-state index contributed by atoms with van der Waals surface area (Å²) in [4.78, 5) is 0. The molecule has 78 valence electrons. The normalized spacial score (nSPS) is 10.4. The third kappa shape index (κ3) is 2.83. The van der Waals surface area contributed by atoms with Crippen LogP contribution in [0.4, 0.5) is 18.9 Å². The highest BCUT2D eigenvalue weighted by atomic mass is 19.3. The van der Waals surface area contributed by atoms with E-state index in [0.29, 0.717) is 5.69 Å². The zero-order valence-corrected chi connectivity index (χ0v) is 7.56. The average Bonchev–Trinajstić information content (AvgIpc) is 2.16. The van der Waals surface area contributed by atoms with Crippen LogP contribution >= 0.6 is 0 Å². The van der Waals surface area contributed by atoms with E-state index < -0.39 is 18.8 Å². The van der Waals surface area contributed by atoms with Gasteiger partial charge in [-0.3, -0.25) is 0 Å². The van der Waals surface area contributed by atoms with Crippen LogP contribution in [-0.2, 0) is 0 Å². The molecule has 0 atom stereocenters. The number of ether oxygens (including phenoxy) is 1. The molecule has 0 unspecified atom stereocenters. The molecule has 1 aromatic carbocycles. The highest BCUT2D eigenvalue weighted by Crippen LogP contribution is 2.21. The minimum Gasteiger partial charge on any atom is -0.494 e. The van der Waals surface area contributed by atoms with Crippen molar-refractivity contribution in [2.24, 2.45) is 0 Å². The van der Waals surface area contributed by atoms with Gasteiger partial charge in [-0.25, -0.2) is 13.2 Å². The van der Waals surface area contributed by atoms with E-state index in [-0.39, 0.29) is 5.75 Å². The van der Waals surface area contributed by atoms with Crippen molar-refractivity contribution < 1.29 is 17.9 Å². The smallest absolute Gasteiger partial charge is 0.255 e. The van der Waals surface area contributed by atoms with E-state index in [4.69, 9.17) is 0 Å². The van der Waals surface area contributed by atoms with Crippen molar-refractivity contribution in [2.75, 3.05) is 19.0 Å². The summed E-state index contributed by atoms with van der Waals surface area (Å²) in [6.45, 7) is -0.464. The van der Waals surface area contributed by atoms with Crippen molar-refractivity contribution in [2.45, 2.75) is 6.43 Å². The molecule has 0 heterocycles. The number of anilines is 1. The third-order valence-corrected chi connectivity index (χ3v) is 1.61. The van der Waals surface area contributed by atoms with Crippen LogP contribution in [0.15, 0.2) is 18.2 Å². The van der Waals surface area contributed by atoms with Crippen LogP contribution in [0.1, 0.15) is 0 Å². The average molecular weight is 205 g/mol. The van der Waals surface area contributed by atoms with Gasteiger partial charge in [0.15, 0.2) is 11.6 Å². The summed E-state index contributed by atoms with van der Waals surface area (Å²) in [5.74, 6) is -0.487. The minimum atomic E-state index is -2.44.